The van der Waals surface area contributed by atoms with E-state index < -0.39 is 0 Å². The third kappa shape index (κ3) is 2.51. The lowest BCUT2D eigenvalue weighted by atomic mass is 10.0. The fourth-order valence-corrected chi connectivity index (χ4v) is 2.95. The summed E-state index contributed by atoms with van der Waals surface area (Å²) in [6.07, 6.45) is 0. The Morgan fingerprint density at radius 3 is 2.75 bits per heavy atom. The molecule has 1 atom stereocenters. The van der Waals surface area contributed by atoms with Crippen molar-refractivity contribution < 1.29 is 0 Å². The summed E-state index contributed by atoms with van der Waals surface area (Å²) in [5.74, 6) is 0.824. The zero-order valence-corrected chi connectivity index (χ0v) is 10.8. The molecule has 6 heteroatoms. The van der Waals surface area contributed by atoms with E-state index in [0.29, 0.717) is 11.9 Å². The number of thiophene rings is 1. The van der Waals surface area contributed by atoms with Gasteiger partial charge in [0.05, 0.1) is 6.04 Å². The zero-order chi connectivity index (χ0) is 11.5. The Morgan fingerprint density at radius 2 is 2.25 bits per heavy atom. The maximum absolute atomic E-state index is 5.50. The van der Waals surface area contributed by atoms with Crippen LogP contribution in [0.5, 0.6) is 0 Å². The summed E-state index contributed by atoms with van der Waals surface area (Å²) < 4.78 is 3.96. The van der Waals surface area contributed by atoms with E-state index in [-0.39, 0.29) is 6.04 Å². The Labute approximate surface area is 103 Å². The van der Waals surface area contributed by atoms with E-state index in [4.69, 9.17) is 5.73 Å². The van der Waals surface area contributed by atoms with Gasteiger partial charge < -0.3 is 11.1 Å². The summed E-state index contributed by atoms with van der Waals surface area (Å²) >= 11 is 3.05. The highest BCUT2D eigenvalue weighted by molar-refractivity contribution is 7.10. The summed E-state index contributed by atoms with van der Waals surface area (Å²) in [5.41, 5.74) is 5.50. The van der Waals surface area contributed by atoms with Gasteiger partial charge in [0.2, 0.25) is 11.1 Å². The largest absolute Gasteiger partial charge is 0.367 e. The van der Waals surface area contributed by atoms with Gasteiger partial charge in [-0.25, -0.2) is 0 Å². The Balaban J connectivity index is 2.15. The van der Waals surface area contributed by atoms with Crippen molar-refractivity contribution in [3.05, 3.63) is 22.4 Å². The molecule has 2 aromatic heterocycles. The van der Waals surface area contributed by atoms with Crippen LogP contribution in [0.25, 0.3) is 0 Å². The van der Waals surface area contributed by atoms with Crippen molar-refractivity contribution in [1.82, 2.24) is 9.36 Å². The quantitative estimate of drug-likeness (QED) is 0.880. The van der Waals surface area contributed by atoms with Crippen LogP contribution in [0.2, 0.25) is 0 Å². The average Bonchev–Trinajstić information content (AvgIpc) is 2.84. The van der Waals surface area contributed by atoms with E-state index in [1.807, 2.05) is 0 Å². The number of aromatic nitrogens is 2. The monoisotopic (exact) mass is 254 g/mol. The van der Waals surface area contributed by atoms with Crippen molar-refractivity contribution >= 4 is 33.9 Å². The lowest BCUT2D eigenvalue weighted by Gasteiger charge is -2.20. The molecule has 0 aliphatic heterocycles. The number of rotatable bonds is 4. The summed E-state index contributed by atoms with van der Waals surface area (Å²) in [4.78, 5) is 5.43. The van der Waals surface area contributed by atoms with Gasteiger partial charge in [0.1, 0.15) is 0 Å². The van der Waals surface area contributed by atoms with Crippen LogP contribution in [-0.4, -0.2) is 9.36 Å². The summed E-state index contributed by atoms with van der Waals surface area (Å²) in [6, 6.07) is 4.46. The normalized spacial score (nSPS) is 12.9. The van der Waals surface area contributed by atoms with Gasteiger partial charge in [0.15, 0.2) is 0 Å². The van der Waals surface area contributed by atoms with E-state index >= 15 is 0 Å². The number of hydrogen-bond donors (Lipinski definition) is 2. The van der Waals surface area contributed by atoms with Crippen molar-refractivity contribution in [3.63, 3.8) is 0 Å². The molecule has 0 fully saturated rings. The van der Waals surface area contributed by atoms with Gasteiger partial charge in [-0.2, -0.15) is 9.36 Å². The molecule has 0 aliphatic rings. The Kier molecular flexibility index (Phi) is 3.40. The molecule has 0 saturated heterocycles. The summed E-state index contributed by atoms with van der Waals surface area (Å²) in [6.45, 7) is 4.36. The van der Waals surface area contributed by atoms with E-state index in [0.717, 1.165) is 5.13 Å². The van der Waals surface area contributed by atoms with Crippen LogP contribution in [0.3, 0.4) is 0 Å². The van der Waals surface area contributed by atoms with Gasteiger partial charge in [-0.3, -0.25) is 0 Å². The molecule has 0 saturated carbocycles. The minimum Gasteiger partial charge on any atom is -0.367 e. The number of nitrogens with one attached hydrogen (secondary N) is 1. The first kappa shape index (κ1) is 11.3. The van der Waals surface area contributed by atoms with Crippen molar-refractivity contribution in [2.45, 2.75) is 19.9 Å². The fourth-order valence-electron chi connectivity index (χ4n) is 1.46. The van der Waals surface area contributed by atoms with Crippen LogP contribution < -0.4 is 11.1 Å². The predicted molar refractivity (Wildman–Crippen MR) is 69.8 cm³/mol. The van der Waals surface area contributed by atoms with Crippen LogP contribution in [-0.2, 0) is 0 Å². The average molecular weight is 254 g/mol. The van der Waals surface area contributed by atoms with E-state index in [9.17, 15) is 0 Å². The topological polar surface area (TPSA) is 63.8 Å². The minimum atomic E-state index is 0.271. The highest BCUT2D eigenvalue weighted by atomic mass is 32.1. The first-order chi connectivity index (χ1) is 7.66. The molecule has 1 unspecified atom stereocenters. The molecule has 4 nitrogen and oxygen atoms in total. The Morgan fingerprint density at radius 1 is 1.44 bits per heavy atom. The molecule has 0 bridgehead atoms. The molecule has 2 heterocycles. The molecule has 2 aromatic rings. The molecule has 0 aliphatic carbocycles. The van der Waals surface area contributed by atoms with E-state index in [1.165, 1.54) is 16.4 Å². The molecule has 2 rings (SSSR count). The maximum Gasteiger partial charge on any atom is 0.233 e. The van der Waals surface area contributed by atoms with Gasteiger partial charge in [-0.05, 0) is 17.4 Å². The molecule has 0 amide bonds. The lowest BCUT2D eigenvalue weighted by Crippen LogP contribution is -2.15. The fraction of sp³-hybridized carbons (Fsp3) is 0.400. The van der Waals surface area contributed by atoms with Crippen LogP contribution in [0, 0.1) is 5.92 Å². The summed E-state index contributed by atoms with van der Waals surface area (Å²) in [5, 5.41) is 6.24. The van der Waals surface area contributed by atoms with Crippen LogP contribution in [0.15, 0.2) is 17.5 Å². The van der Waals surface area contributed by atoms with Crippen molar-refractivity contribution in [1.29, 1.82) is 0 Å². The maximum atomic E-state index is 5.50. The van der Waals surface area contributed by atoms with Crippen LogP contribution in [0.4, 0.5) is 11.1 Å². The first-order valence-electron chi connectivity index (χ1n) is 5.06. The van der Waals surface area contributed by atoms with Gasteiger partial charge >= 0.3 is 0 Å². The number of nitrogens with zero attached hydrogens (tertiary/aromatic N) is 2. The van der Waals surface area contributed by atoms with Crippen molar-refractivity contribution in [2.75, 3.05) is 11.1 Å². The minimum absolute atomic E-state index is 0.271. The van der Waals surface area contributed by atoms with E-state index in [2.05, 4.69) is 46.0 Å². The molecule has 16 heavy (non-hydrogen) atoms. The van der Waals surface area contributed by atoms with Crippen molar-refractivity contribution in [3.8, 4) is 0 Å². The predicted octanol–water partition coefficient (Wildman–Crippen LogP) is 2.99. The molecular weight excluding hydrogens is 240 g/mol. The number of nitrogen functional groups attached to an aromatic ring is 1. The zero-order valence-electron chi connectivity index (χ0n) is 9.18. The highest BCUT2D eigenvalue weighted by Gasteiger charge is 2.18. The lowest BCUT2D eigenvalue weighted by molar-refractivity contribution is 0.553. The smallest absolute Gasteiger partial charge is 0.233 e. The first-order valence-corrected chi connectivity index (χ1v) is 6.71. The summed E-state index contributed by atoms with van der Waals surface area (Å²) in [7, 11) is 0. The highest BCUT2D eigenvalue weighted by Crippen LogP contribution is 2.30. The van der Waals surface area contributed by atoms with Gasteiger partial charge in [-0.1, -0.05) is 19.9 Å². The third-order valence-electron chi connectivity index (χ3n) is 2.24. The second kappa shape index (κ2) is 4.80. The van der Waals surface area contributed by atoms with Gasteiger partial charge in [0, 0.05) is 16.4 Å². The molecule has 0 spiro atoms. The number of hydrogen-bond acceptors (Lipinski definition) is 6. The Bertz CT molecular complexity index is 435. The molecule has 0 aromatic carbocycles. The standard InChI is InChI=1S/C10H14N4S2/c1-6(2)8(7-4-3-5-15-7)12-10-13-9(11)14-16-10/h3-6,8H,1-2H3,(H3,11,12,13,14). The molecule has 86 valence electrons. The van der Waals surface area contributed by atoms with Gasteiger partial charge in [-0.15, -0.1) is 11.3 Å². The molecule has 3 N–H and O–H groups in total. The molecular formula is C10H14N4S2. The van der Waals surface area contributed by atoms with E-state index in [1.54, 1.807) is 11.3 Å². The Hall–Kier alpha value is -1.14. The second-order valence-electron chi connectivity index (χ2n) is 3.84. The number of anilines is 2. The second-order valence-corrected chi connectivity index (χ2v) is 5.57. The molecule has 0 radical (unpaired) electrons. The third-order valence-corrected chi connectivity index (χ3v) is 3.85. The SMILES string of the molecule is CC(C)C(Nc1nc(N)ns1)c1cccs1. The van der Waals surface area contributed by atoms with Gasteiger partial charge in [0.25, 0.3) is 0 Å². The van der Waals surface area contributed by atoms with Crippen molar-refractivity contribution in [2.24, 2.45) is 5.92 Å². The van der Waals surface area contributed by atoms with Crippen LogP contribution >= 0.6 is 22.9 Å². The van der Waals surface area contributed by atoms with Crippen LogP contribution in [0.1, 0.15) is 24.8 Å². The number of nitrogens with two attached hydrogens (primary N) is 1.